The lowest BCUT2D eigenvalue weighted by Crippen LogP contribution is -2.13. The van der Waals surface area contributed by atoms with E-state index in [1.807, 2.05) is 45.0 Å². The number of carbonyl (C=O) groups is 1. The highest BCUT2D eigenvalue weighted by atomic mass is 79.9. The molecule has 0 fully saturated rings. The van der Waals surface area contributed by atoms with Crippen molar-refractivity contribution >= 4 is 27.5 Å². The Labute approximate surface area is 121 Å². The number of rotatable bonds is 3. The number of halogens is 1. The van der Waals surface area contributed by atoms with Crippen molar-refractivity contribution in [2.75, 3.05) is 5.32 Å². The molecule has 0 radical (unpaired) electrons. The maximum Gasteiger partial charge on any atom is 0.259 e. The molecule has 3 nitrogen and oxygen atoms in total. The van der Waals surface area contributed by atoms with E-state index in [9.17, 15) is 4.79 Å². The summed E-state index contributed by atoms with van der Waals surface area (Å²) in [6.07, 6.45) is 0. The molecule has 0 saturated carbocycles. The summed E-state index contributed by atoms with van der Waals surface area (Å²) in [5, 5.41) is 3.67. The van der Waals surface area contributed by atoms with Crippen LogP contribution in [0.5, 0.6) is 0 Å². The summed E-state index contributed by atoms with van der Waals surface area (Å²) in [6.45, 7) is 5.57. The van der Waals surface area contributed by atoms with E-state index in [4.69, 9.17) is 4.42 Å². The van der Waals surface area contributed by atoms with E-state index >= 15 is 0 Å². The Morgan fingerprint density at radius 3 is 2.58 bits per heavy atom. The summed E-state index contributed by atoms with van der Waals surface area (Å²) in [7, 11) is 0. The molecule has 2 aromatic rings. The van der Waals surface area contributed by atoms with Crippen molar-refractivity contribution in [2.45, 2.75) is 26.1 Å². The number of carbonyl (C=O) groups excluding carboxylic acids is 1. The molecule has 0 unspecified atom stereocenters. The average molecular weight is 322 g/mol. The van der Waals surface area contributed by atoms with Gasteiger partial charge in [0.25, 0.3) is 5.91 Å². The number of aryl methyl sites for hydroxylation is 2. The minimum absolute atomic E-state index is 0.126. The number of furan rings is 1. The van der Waals surface area contributed by atoms with Crippen molar-refractivity contribution in [1.29, 1.82) is 0 Å². The van der Waals surface area contributed by atoms with Gasteiger partial charge in [0.15, 0.2) is 0 Å². The van der Waals surface area contributed by atoms with Gasteiger partial charge in [0, 0.05) is 16.6 Å². The molecule has 0 aliphatic heterocycles. The fourth-order valence-electron chi connectivity index (χ4n) is 2.05. The van der Waals surface area contributed by atoms with E-state index in [-0.39, 0.29) is 5.91 Å². The average Bonchev–Trinajstić information content (AvgIpc) is 2.63. The second-order valence-electron chi connectivity index (χ2n) is 4.50. The van der Waals surface area contributed by atoms with Crippen LogP contribution in [0.15, 0.2) is 28.7 Å². The van der Waals surface area contributed by atoms with E-state index in [0.29, 0.717) is 11.3 Å². The smallest absolute Gasteiger partial charge is 0.259 e. The first kappa shape index (κ1) is 13.9. The van der Waals surface area contributed by atoms with Crippen LogP contribution < -0.4 is 5.32 Å². The first-order valence-corrected chi connectivity index (χ1v) is 7.18. The molecule has 0 aliphatic rings. The Balaban J connectivity index is 2.25. The van der Waals surface area contributed by atoms with Gasteiger partial charge in [0.2, 0.25) is 0 Å². The Hall–Kier alpha value is -1.55. The first-order chi connectivity index (χ1) is 9.02. The van der Waals surface area contributed by atoms with E-state index in [1.54, 1.807) is 0 Å². The second kappa shape index (κ2) is 5.61. The second-order valence-corrected chi connectivity index (χ2v) is 5.06. The number of alkyl halides is 1. The molecule has 0 saturated heterocycles. The van der Waals surface area contributed by atoms with Gasteiger partial charge in [-0.05, 0) is 38.5 Å². The maximum atomic E-state index is 12.3. The molecule has 19 heavy (non-hydrogen) atoms. The molecular weight excluding hydrogens is 306 g/mol. The molecular formula is C15H16BrNO2. The number of anilines is 1. The summed E-state index contributed by atoms with van der Waals surface area (Å²) in [5.41, 5.74) is 3.43. The van der Waals surface area contributed by atoms with Gasteiger partial charge in [-0.3, -0.25) is 4.79 Å². The van der Waals surface area contributed by atoms with E-state index < -0.39 is 0 Å². The molecule has 100 valence electrons. The SMILES string of the molecule is Cc1oc(C)c(C(=O)Nc2cccc(CBr)c2)c1C. The predicted octanol–water partition coefficient (Wildman–Crippen LogP) is 4.35. The van der Waals surface area contributed by atoms with E-state index in [0.717, 1.165) is 27.9 Å². The van der Waals surface area contributed by atoms with Crippen molar-refractivity contribution < 1.29 is 9.21 Å². The van der Waals surface area contributed by atoms with Crippen LogP contribution in [-0.4, -0.2) is 5.91 Å². The van der Waals surface area contributed by atoms with Gasteiger partial charge in [-0.15, -0.1) is 0 Å². The molecule has 4 heteroatoms. The maximum absolute atomic E-state index is 12.3. The number of nitrogens with one attached hydrogen (secondary N) is 1. The number of benzene rings is 1. The third-order valence-electron chi connectivity index (χ3n) is 3.13. The van der Waals surface area contributed by atoms with Crippen molar-refractivity contribution in [3.05, 3.63) is 52.5 Å². The molecule has 1 aromatic carbocycles. The zero-order valence-corrected chi connectivity index (χ0v) is 12.8. The van der Waals surface area contributed by atoms with Crippen molar-refractivity contribution in [2.24, 2.45) is 0 Å². The van der Waals surface area contributed by atoms with Crippen LogP contribution in [0.3, 0.4) is 0 Å². The summed E-state index contributed by atoms with van der Waals surface area (Å²) in [5.74, 6) is 1.32. The number of amides is 1. The molecule has 1 heterocycles. The Bertz CT molecular complexity index is 617. The lowest BCUT2D eigenvalue weighted by atomic mass is 10.1. The monoisotopic (exact) mass is 321 g/mol. The Morgan fingerprint density at radius 2 is 2.00 bits per heavy atom. The quantitative estimate of drug-likeness (QED) is 0.854. The number of hydrogen-bond acceptors (Lipinski definition) is 2. The van der Waals surface area contributed by atoms with E-state index in [1.165, 1.54) is 0 Å². The zero-order valence-electron chi connectivity index (χ0n) is 11.2. The third kappa shape index (κ3) is 2.89. The van der Waals surface area contributed by atoms with Crippen LogP contribution >= 0.6 is 15.9 Å². The fraction of sp³-hybridized carbons (Fsp3) is 0.267. The molecule has 0 atom stereocenters. The number of hydrogen-bond donors (Lipinski definition) is 1. The van der Waals surface area contributed by atoms with Crippen LogP contribution in [0.25, 0.3) is 0 Å². The van der Waals surface area contributed by atoms with Gasteiger partial charge in [0.05, 0.1) is 5.56 Å². The third-order valence-corrected chi connectivity index (χ3v) is 3.78. The summed E-state index contributed by atoms with van der Waals surface area (Å²) >= 11 is 3.40. The zero-order chi connectivity index (χ0) is 14.0. The van der Waals surface area contributed by atoms with Crippen molar-refractivity contribution in [3.8, 4) is 0 Å². The Kier molecular flexibility index (Phi) is 4.10. The summed E-state index contributed by atoms with van der Waals surface area (Å²) < 4.78 is 5.48. The molecule has 1 amide bonds. The lowest BCUT2D eigenvalue weighted by Gasteiger charge is -2.06. The highest BCUT2D eigenvalue weighted by Crippen LogP contribution is 2.22. The van der Waals surface area contributed by atoms with Crippen molar-refractivity contribution in [1.82, 2.24) is 0 Å². The molecule has 0 spiro atoms. The minimum Gasteiger partial charge on any atom is -0.466 e. The largest absolute Gasteiger partial charge is 0.466 e. The van der Waals surface area contributed by atoms with Gasteiger partial charge >= 0.3 is 0 Å². The molecule has 0 aliphatic carbocycles. The van der Waals surface area contributed by atoms with Crippen LogP contribution in [0.4, 0.5) is 5.69 Å². The molecule has 1 N–H and O–H groups in total. The van der Waals surface area contributed by atoms with Gasteiger partial charge in [-0.2, -0.15) is 0 Å². The molecule has 2 rings (SSSR count). The normalized spacial score (nSPS) is 10.5. The van der Waals surface area contributed by atoms with Gasteiger partial charge < -0.3 is 9.73 Å². The van der Waals surface area contributed by atoms with Gasteiger partial charge in [-0.25, -0.2) is 0 Å². The fourth-order valence-corrected chi connectivity index (χ4v) is 2.40. The summed E-state index contributed by atoms with van der Waals surface area (Å²) in [6, 6.07) is 7.75. The predicted molar refractivity (Wildman–Crippen MR) is 79.9 cm³/mol. The first-order valence-electron chi connectivity index (χ1n) is 6.05. The summed E-state index contributed by atoms with van der Waals surface area (Å²) in [4.78, 5) is 12.3. The van der Waals surface area contributed by atoms with Gasteiger partial charge in [-0.1, -0.05) is 28.1 Å². The van der Waals surface area contributed by atoms with E-state index in [2.05, 4.69) is 21.2 Å². The highest BCUT2D eigenvalue weighted by Gasteiger charge is 2.18. The van der Waals surface area contributed by atoms with Crippen molar-refractivity contribution in [3.63, 3.8) is 0 Å². The van der Waals surface area contributed by atoms with Gasteiger partial charge in [0.1, 0.15) is 11.5 Å². The molecule has 0 bridgehead atoms. The highest BCUT2D eigenvalue weighted by molar-refractivity contribution is 9.08. The minimum atomic E-state index is -0.126. The van der Waals surface area contributed by atoms with Crippen LogP contribution in [0.2, 0.25) is 0 Å². The molecule has 1 aromatic heterocycles. The Morgan fingerprint density at radius 1 is 1.26 bits per heavy atom. The lowest BCUT2D eigenvalue weighted by molar-refractivity contribution is 0.102. The van der Waals surface area contributed by atoms with Crippen LogP contribution in [0, 0.1) is 20.8 Å². The topological polar surface area (TPSA) is 42.2 Å². The van der Waals surface area contributed by atoms with Crippen LogP contribution in [0.1, 0.15) is 33.0 Å². The van der Waals surface area contributed by atoms with Crippen LogP contribution in [-0.2, 0) is 5.33 Å². The standard InChI is InChI=1S/C15H16BrNO2/c1-9-10(2)19-11(3)14(9)15(18)17-13-6-4-5-12(7-13)8-16/h4-7H,8H2,1-3H3,(H,17,18).